The predicted octanol–water partition coefficient (Wildman–Crippen LogP) is 3.10. The fourth-order valence-corrected chi connectivity index (χ4v) is 5.54. The van der Waals surface area contributed by atoms with Crippen molar-refractivity contribution in [2.75, 3.05) is 11.9 Å². The molecule has 1 heterocycles. The van der Waals surface area contributed by atoms with Crippen molar-refractivity contribution in [2.45, 2.75) is 52.0 Å². The summed E-state index contributed by atoms with van der Waals surface area (Å²) >= 11 is 0. The molecule has 0 spiro atoms. The molecule has 0 radical (unpaired) electrons. The Kier molecular flexibility index (Phi) is 3.32. The summed E-state index contributed by atoms with van der Waals surface area (Å²) in [5, 5.41) is 6.36. The summed E-state index contributed by atoms with van der Waals surface area (Å²) in [7, 11) is 0. The largest absolute Gasteiger partial charge is 0.384 e. The van der Waals surface area contributed by atoms with E-state index in [0.717, 1.165) is 24.1 Å². The van der Waals surface area contributed by atoms with Crippen LogP contribution in [0.4, 0.5) is 5.69 Å². The quantitative estimate of drug-likeness (QED) is 0.839. The van der Waals surface area contributed by atoms with Crippen molar-refractivity contribution >= 4 is 17.4 Å². The highest BCUT2D eigenvalue weighted by atomic mass is 16.2. The fourth-order valence-electron chi connectivity index (χ4n) is 5.54. The number of carbonyl (C=O) groups excluding carboxylic acids is 2. The lowest BCUT2D eigenvalue weighted by Crippen LogP contribution is -2.54. The number of hydrogen-bond donors (Lipinski definition) is 2. The summed E-state index contributed by atoms with van der Waals surface area (Å²) < 4.78 is 0. The van der Waals surface area contributed by atoms with Gasteiger partial charge in [-0.15, -0.1) is 0 Å². The third kappa shape index (κ3) is 2.11. The fraction of sp³-hybridized carbons (Fsp3) is 0.600. The van der Waals surface area contributed by atoms with Crippen molar-refractivity contribution in [3.8, 4) is 0 Å². The Hall–Kier alpha value is -1.84. The number of carbonyl (C=O) groups is 2. The van der Waals surface area contributed by atoms with E-state index in [1.165, 1.54) is 6.42 Å². The molecule has 2 N–H and O–H groups in total. The topological polar surface area (TPSA) is 58.2 Å². The molecule has 2 bridgehead atoms. The van der Waals surface area contributed by atoms with E-state index in [1.54, 1.807) is 0 Å². The summed E-state index contributed by atoms with van der Waals surface area (Å²) in [4.78, 5) is 25.5. The maximum absolute atomic E-state index is 12.8. The average molecular weight is 326 g/mol. The summed E-state index contributed by atoms with van der Waals surface area (Å²) in [6.45, 7) is 7.26. The molecule has 4 atom stereocenters. The number of amides is 1. The lowest BCUT2D eigenvalue weighted by atomic mass is 9.68. The molecule has 0 saturated heterocycles. The first-order chi connectivity index (χ1) is 11.3. The molecule has 1 amide bonds. The Morgan fingerprint density at radius 3 is 2.67 bits per heavy atom. The van der Waals surface area contributed by atoms with Crippen LogP contribution in [0, 0.1) is 16.7 Å². The molecule has 4 unspecified atom stereocenters. The second-order valence-electron chi connectivity index (χ2n) is 8.71. The van der Waals surface area contributed by atoms with E-state index >= 15 is 0 Å². The van der Waals surface area contributed by atoms with E-state index in [1.807, 2.05) is 24.3 Å². The Labute approximate surface area is 143 Å². The zero-order valence-electron chi connectivity index (χ0n) is 14.7. The van der Waals surface area contributed by atoms with Gasteiger partial charge in [-0.3, -0.25) is 9.59 Å². The monoisotopic (exact) mass is 326 g/mol. The summed E-state index contributed by atoms with van der Waals surface area (Å²) in [5.74, 6) is -0.438. The van der Waals surface area contributed by atoms with Gasteiger partial charge in [-0.05, 0) is 47.6 Å². The van der Waals surface area contributed by atoms with Crippen LogP contribution < -0.4 is 10.6 Å². The van der Waals surface area contributed by atoms with Crippen molar-refractivity contribution in [1.82, 2.24) is 5.32 Å². The van der Waals surface area contributed by atoms with Gasteiger partial charge in [-0.1, -0.05) is 39.0 Å². The molecular weight excluding hydrogens is 300 g/mol. The van der Waals surface area contributed by atoms with Gasteiger partial charge in [-0.2, -0.15) is 0 Å². The standard InChI is InChI=1S/C20H26N2O2/c1-19(2)12-8-9-20(3,10-12)18(19)22-17(24)16(23)14-11-21-15-7-5-4-6-13(14)15/h4-7,12,14,18,21H,8-11H2,1-3H3,(H,22,24). The van der Waals surface area contributed by atoms with Gasteiger partial charge in [-0.25, -0.2) is 0 Å². The number of fused-ring (bicyclic) bond motifs is 3. The first-order valence-electron chi connectivity index (χ1n) is 9.00. The highest BCUT2D eigenvalue weighted by Gasteiger charge is 2.60. The number of para-hydroxylation sites is 1. The van der Waals surface area contributed by atoms with Crippen LogP contribution in [0.15, 0.2) is 24.3 Å². The van der Waals surface area contributed by atoms with E-state index in [2.05, 4.69) is 31.4 Å². The molecule has 4 heteroatoms. The zero-order chi connectivity index (χ0) is 17.1. The molecule has 128 valence electrons. The van der Waals surface area contributed by atoms with Gasteiger partial charge in [0.15, 0.2) is 0 Å². The first-order valence-corrected chi connectivity index (χ1v) is 9.00. The second-order valence-corrected chi connectivity index (χ2v) is 8.71. The van der Waals surface area contributed by atoms with E-state index in [0.29, 0.717) is 12.5 Å². The van der Waals surface area contributed by atoms with E-state index < -0.39 is 5.91 Å². The highest BCUT2D eigenvalue weighted by Crippen LogP contribution is 2.62. The number of nitrogens with one attached hydrogen (secondary N) is 2. The van der Waals surface area contributed by atoms with Crippen LogP contribution >= 0.6 is 0 Å². The third-order valence-electron chi connectivity index (χ3n) is 6.92. The van der Waals surface area contributed by atoms with Crippen LogP contribution in [0.1, 0.15) is 51.5 Å². The number of anilines is 1. The third-order valence-corrected chi connectivity index (χ3v) is 6.92. The Morgan fingerprint density at radius 1 is 1.21 bits per heavy atom. The van der Waals surface area contributed by atoms with Gasteiger partial charge in [0, 0.05) is 18.3 Å². The normalized spacial score (nSPS) is 35.4. The number of Topliss-reactive ketones (excluding diaryl/α,β-unsaturated/α-hetero) is 1. The molecule has 1 aromatic carbocycles. The van der Waals surface area contributed by atoms with Gasteiger partial charge >= 0.3 is 0 Å². The lowest BCUT2D eigenvalue weighted by molar-refractivity contribution is -0.140. The zero-order valence-corrected chi connectivity index (χ0v) is 14.7. The van der Waals surface area contributed by atoms with Crippen molar-refractivity contribution in [1.29, 1.82) is 0 Å². The van der Waals surface area contributed by atoms with Crippen LogP contribution in [0.25, 0.3) is 0 Å². The molecule has 3 aliphatic rings. The number of rotatable bonds is 3. The van der Waals surface area contributed by atoms with Crippen LogP contribution in [0.2, 0.25) is 0 Å². The van der Waals surface area contributed by atoms with Gasteiger partial charge in [0.1, 0.15) is 0 Å². The molecule has 4 rings (SSSR count). The number of ketones is 1. The highest BCUT2D eigenvalue weighted by molar-refractivity contribution is 6.38. The van der Waals surface area contributed by atoms with Gasteiger partial charge in [0.05, 0.1) is 5.92 Å². The van der Waals surface area contributed by atoms with E-state index in [4.69, 9.17) is 0 Å². The van der Waals surface area contributed by atoms with Gasteiger partial charge in [0.2, 0.25) is 5.78 Å². The van der Waals surface area contributed by atoms with Crippen molar-refractivity contribution < 1.29 is 9.59 Å². The summed E-state index contributed by atoms with van der Waals surface area (Å²) in [5.41, 5.74) is 2.11. The minimum absolute atomic E-state index is 0.0643. The molecule has 0 aromatic heterocycles. The molecular formula is C20H26N2O2. The minimum Gasteiger partial charge on any atom is -0.384 e. The van der Waals surface area contributed by atoms with Crippen LogP contribution in [0.5, 0.6) is 0 Å². The van der Waals surface area contributed by atoms with Crippen LogP contribution in [-0.4, -0.2) is 24.3 Å². The van der Waals surface area contributed by atoms with Crippen LogP contribution in [0.3, 0.4) is 0 Å². The SMILES string of the molecule is CC12CCC(C1)C(C)(C)C2NC(=O)C(=O)C1CNc2ccccc21. The maximum Gasteiger partial charge on any atom is 0.288 e. The first kappa shape index (κ1) is 15.7. The molecule has 2 fully saturated rings. The number of benzene rings is 1. The minimum atomic E-state index is -0.412. The second kappa shape index (κ2) is 5.08. The van der Waals surface area contributed by atoms with E-state index in [-0.39, 0.29) is 28.6 Å². The molecule has 4 nitrogen and oxygen atoms in total. The molecule has 24 heavy (non-hydrogen) atoms. The van der Waals surface area contributed by atoms with Crippen LogP contribution in [-0.2, 0) is 9.59 Å². The smallest absolute Gasteiger partial charge is 0.288 e. The molecule has 1 aromatic rings. The Morgan fingerprint density at radius 2 is 1.96 bits per heavy atom. The summed E-state index contributed by atoms with van der Waals surface area (Å²) in [6, 6.07) is 7.85. The van der Waals surface area contributed by atoms with Crippen molar-refractivity contribution in [3.05, 3.63) is 29.8 Å². The van der Waals surface area contributed by atoms with Gasteiger partial charge < -0.3 is 10.6 Å². The van der Waals surface area contributed by atoms with Gasteiger partial charge in [0.25, 0.3) is 5.91 Å². The Balaban J connectivity index is 1.52. The maximum atomic E-state index is 12.8. The van der Waals surface area contributed by atoms with Crippen molar-refractivity contribution in [3.63, 3.8) is 0 Å². The number of hydrogen-bond acceptors (Lipinski definition) is 3. The van der Waals surface area contributed by atoms with E-state index in [9.17, 15) is 9.59 Å². The average Bonchev–Trinajstić information content (AvgIpc) is 3.19. The van der Waals surface area contributed by atoms with Crippen molar-refractivity contribution in [2.24, 2.45) is 16.7 Å². The molecule has 2 aliphatic carbocycles. The predicted molar refractivity (Wildman–Crippen MR) is 93.8 cm³/mol. The molecule has 2 saturated carbocycles. The summed E-state index contributed by atoms with van der Waals surface area (Å²) in [6.07, 6.45) is 3.55. The lowest BCUT2D eigenvalue weighted by Gasteiger charge is -2.43. The Bertz CT molecular complexity index is 707. The molecule has 1 aliphatic heterocycles.